The second kappa shape index (κ2) is 7.59. The molecule has 1 aromatic rings. The molecule has 0 heterocycles. The lowest BCUT2D eigenvalue weighted by Crippen LogP contribution is -2.32. The summed E-state index contributed by atoms with van der Waals surface area (Å²) < 4.78 is 9.98. The molecule has 0 radical (unpaired) electrons. The number of esters is 2. The molecule has 0 fully saturated rings. The van der Waals surface area contributed by atoms with Gasteiger partial charge in [-0.15, -0.1) is 0 Å². The molecule has 0 aromatic heterocycles. The highest BCUT2D eigenvalue weighted by atomic mass is 16.6. The van der Waals surface area contributed by atoms with Crippen molar-refractivity contribution in [2.45, 2.75) is 39.4 Å². The zero-order valence-electron chi connectivity index (χ0n) is 12.9. The van der Waals surface area contributed by atoms with Crippen LogP contribution in [-0.2, 0) is 30.5 Å². The van der Waals surface area contributed by atoms with Crippen LogP contribution in [0.15, 0.2) is 30.3 Å². The van der Waals surface area contributed by atoms with Gasteiger partial charge in [0.2, 0.25) is 0 Å². The summed E-state index contributed by atoms with van der Waals surface area (Å²) in [6, 6.07) is 8.86. The van der Waals surface area contributed by atoms with Gasteiger partial charge in [0.1, 0.15) is 12.2 Å². The lowest BCUT2D eigenvalue weighted by molar-refractivity contribution is -0.168. The van der Waals surface area contributed by atoms with Crippen LogP contribution in [0.3, 0.4) is 0 Å². The minimum atomic E-state index is -1.57. The third-order valence-electron chi connectivity index (χ3n) is 2.60. The third kappa shape index (κ3) is 6.39. The minimum absolute atomic E-state index is 0.0439. The Kier molecular flexibility index (Phi) is 6.10. The molecule has 0 amide bonds. The molecule has 0 spiro atoms. The molecule has 0 saturated carbocycles. The van der Waals surface area contributed by atoms with Gasteiger partial charge in [-0.05, 0) is 26.3 Å². The Morgan fingerprint density at radius 2 is 1.73 bits per heavy atom. The van der Waals surface area contributed by atoms with Gasteiger partial charge in [-0.1, -0.05) is 30.3 Å². The quantitative estimate of drug-likeness (QED) is 0.640. The lowest BCUT2D eigenvalue weighted by atomic mass is 10.1. The lowest BCUT2D eigenvalue weighted by Gasteiger charge is -2.20. The Morgan fingerprint density at radius 1 is 1.14 bits per heavy atom. The van der Waals surface area contributed by atoms with Crippen molar-refractivity contribution in [1.29, 1.82) is 0 Å². The number of benzene rings is 1. The van der Waals surface area contributed by atoms with Gasteiger partial charge in [0.25, 0.3) is 0 Å². The van der Waals surface area contributed by atoms with Crippen molar-refractivity contribution in [2.75, 3.05) is 0 Å². The molecule has 22 heavy (non-hydrogen) atoms. The first-order valence-electron chi connectivity index (χ1n) is 6.84. The summed E-state index contributed by atoms with van der Waals surface area (Å²) in [5.74, 6) is -4.69. The maximum atomic E-state index is 11.8. The molecular weight excluding hydrogens is 288 g/mol. The molecule has 120 valence electrons. The highest BCUT2D eigenvalue weighted by Gasteiger charge is 2.32. The maximum absolute atomic E-state index is 11.8. The number of aliphatic carboxylic acids is 1. The molecule has 1 N–H and O–H groups in total. The Hall–Kier alpha value is -2.37. The monoisotopic (exact) mass is 308 g/mol. The first kappa shape index (κ1) is 17.7. The largest absolute Gasteiger partial charge is 0.481 e. The van der Waals surface area contributed by atoms with E-state index >= 15 is 0 Å². The van der Waals surface area contributed by atoms with Crippen LogP contribution in [-0.4, -0.2) is 28.6 Å². The molecule has 0 aliphatic heterocycles. The van der Waals surface area contributed by atoms with Gasteiger partial charge < -0.3 is 14.6 Å². The van der Waals surface area contributed by atoms with Gasteiger partial charge in [-0.2, -0.15) is 0 Å². The first-order chi connectivity index (χ1) is 10.2. The smallest absolute Gasteiger partial charge is 0.321 e. The van der Waals surface area contributed by atoms with E-state index in [9.17, 15) is 14.4 Å². The fourth-order valence-corrected chi connectivity index (χ4v) is 1.65. The van der Waals surface area contributed by atoms with E-state index in [0.29, 0.717) is 0 Å². The average Bonchev–Trinajstić information content (AvgIpc) is 2.41. The second-order valence-corrected chi connectivity index (χ2v) is 5.77. The van der Waals surface area contributed by atoms with Crippen LogP contribution in [0.2, 0.25) is 0 Å². The number of carboxylic acid groups (broad SMARTS) is 1. The topological polar surface area (TPSA) is 89.9 Å². The standard InChI is InChI=1S/C16H20O6/c1-16(2,3)22-13(17)9-12(14(18)19)15(20)21-10-11-7-5-4-6-8-11/h4-8,12H,9-10H2,1-3H3,(H,18,19)/t12-/m1/s1. The highest BCUT2D eigenvalue weighted by Crippen LogP contribution is 2.14. The summed E-state index contributed by atoms with van der Waals surface area (Å²) in [4.78, 5) is 34.7. The Morgan fingerprint density at radius 3 is 2.23 bits per heavy atom. The van der Waals surface area contributed by atoms with Gasteiger partial charge >= 0.3 is 17.9 Å². The molecule has 6 heteroatoms. The zero-order chi connectivity index (χ0) is 16.8. The number of hydrogen-bond donors (Lipinski definition) is 1. The number of rotatable bonds is 6. The van der Waals surface area contributed by atoms with Gasteiger partial charge in [-0.3, -0.25) is 14.4 Å². The molecule has 0 saturated heterocycles. The third-order valence-corrected chi connectivity index (χ3v) is 2.60. The van der Waals surface area contributed by atoms with Gasteiger partial charge in [0.05, 0.1) is 6.42 Å². The Labute approximate surface area is 129 Å². The summed E-state index contributed by atoms with van der Waals surface area (Å²) in [7, 11) is 0. The van der Waals surface area contributed by atoms with Crippen molar-refractivity contribution in [3.05, 3.63) is 35.9 Å². The van der Waals surface area contributed by atoms with E-state index in [1.807, 2.05) is 6.07 Å². The van der Waals surface area contributed by atoms with Crippen LogP contribution in [0.1, 0.15) is 32.8 Å². The average molecular weight is 308 g/mol. The van der Waals surface area contributed by atoms with Gasteiger partial charge in [-0.25, -0.2) is 0 Å². The van der Waals surface area contributed by atoms with E-state index < -0.39 is 35.8 Å². The van der Waals surface area contributed by atoms with E-state index in [0.717, 1.165) is 5.56 Å². The first-order valence-corrected chi connectivity index (χ1v) is 6.84. The molecule has 0 aliphatic carbocycles. The number of carboxylic acids is 1. The molecule has 1 aromatic carbocycles. The summed E-state index contributed by atoms with van der Waals surface area (Å²) in [6.07, 6.45) is -0.555. The summed E-state index contributed by atoms with van der Waals surface area (Å²) in [5, 5.41) is 9.08. The van der Waals surface area contributed by atoms with Crippen LogP contribution < -0.4 is 0 Å². The molecule has 1 atom stereocenters. The summed E-state index contributed by atoms with van der Waals surface area (Å²) in [5.41, 5.74) is -0.00841. The zero-order valence-corrected chi connectivity index (χ0v) is 12.9. The van der Waals surface area contributed by atoms with Crippen LogP contribution in [0.5, 0.6) is 0 Å². The number of carbonyl (C=O) groups excluding carboxylic acids is 2. The fraction of sp³-hybridized carbons (Fsp3) is 0.438. The highest BCUT2D eigenvalue weighted by molar-refractivity contribution is 5.97. The number of ether oxygens (including phenoxy) is 2. The summed E-state index contributed by atoms with van der Waals surface area (Å²) in [6.45, 7) is 4.94. The van der Waals surface area contributed by atoms with E-state index in [1.165, 1.54) is 0 Å². The van der Waals surface area contributed by atoms with Gasteiger partial charge in [0.15, 0.2) is 5.92 Å². The molecule has 6 nitrogen and oxygen atoms in total. The van der Waals surface area contributed by atoms with Crippen molar-refractivity contribution < 1.29 is 29.0 Å². The van der Waals surface area contributed by atoms with Gasteiger partial charge in [0, 0.05) is 0 Å². The Balaban J connectivity index is 2.60. The van der Waals surface area contributed by atoms with Crippen LogP contribution in [0.4, 0.5) is 0 Å². The van der Waals surface area contributed by atoms with Crippen molar-refractivity contribution in [3.63, 3.8) is 0 Å². The number of carbonyl (C=O) groups is 3. The van der Waals surface area contributed by atoms with Crippen molar-refractivity contribution >= 4 is 17.9 Å². The summed E-state index contributed by atoms with van der Waals surface area (Å²) >= 11 is 0. The molecule has 1 rings (SSSR count). The second-order valence-electron chi connectivity index (χ2n) is 5.77. The van der Waals surface area contributed by atoms with Crippen molar-refractivity contribution in [3.8, 4) is 0 Å². The predicted octanol–water partition coefficient (Wildman–Crippen LogP) is 2.16. The molecule has 0 aliphatic rings. The van der Waals surface area contributed by atoms with Crippen LogP contribution in [0.25, 0.3) is 0 Å². The van der Waals surface area contributed by atoms with Crippen molar-refractivity contribution in [2.24, 2.45) is 5.92 Å². The van der Waals surface area contributed by atoms with E-state index in [1.54, 1.807) is 45.0 Å². The van der Waals surface area contributed by atoms with Crippen molar-refractivity contribution in [1.82, 2.24) is 0 Å². The minimum Gasteiger partial charge on any atom is -0.481 e. The SMILES string of the molecule is CC(C)(C)OC(=O)C[C@H](C(=O)O)C(=O)OCc1ccccc1. The maximum Gasteiger partial charge on any atom is 0.321 e. The van der Waals surface area contributed by atoms with Crippen LogP contribution >= 0.6 is 0 Å². The predicted molar refractivity (Wildman–Crippen MR) is 77.8 cm³/mol. The molecular formula is C16H20O6. The van der Waals surface area contributed by atoms with E-state index in [-0.39, 0.29) is 6.61 Å². The normalized spacial score (nSPS) is 12.3. The van der Waals surface area contributed by atoms with E-state index in [2.05, 4.69) is 0 Å². The molecule has 0 bridgehead atoms. The van der Waals surface area contributed by atoms with Crippen LogP contribution in [0, 0.1) is 5.92 Å². The van der Waals surface area contributed by atoms with E-state index in [4.69, 9.17) is 14.6 Å². The fourth-order valence-electron chi connectivity index (χ4n) is 1.65. The molecule has 0 unspecified atom stereocenters. The Bertz CT molecular complexity index is 529. The number of hydrogen-bond acceptors (Lipinski definition) is 5.